The summed E-state index contributed by atoms with van der Waals surface area (Å²) >= 11 is 0. The van der Waals surface area contributed by atoms with E-state index in [9.17, 15) is 5.11 Å². The van der Waals surface area contributed by atoms with Gasteiger partial charge in [0.25, 0.3) is 0 Å². The largest absolute Gasteiger partial charge is 0.393 e. The molecule has 0 aliphatic carbocycles. The molecule has 2 unspecified atom stereocenters. The third-order valence-electron chi connectivity index (χ3n) is 4.32. The molecule has 3 heteroatoms. The van der Waals surface area contributed by atoms with Crippen LogP contribution in [0.2, 0.25) is 0 Å². The molecule has 2 atom stereocenters. The Bertz CT molecular complexity index is 241. The lowest BCUT2D eigenvalue weighted by Crippen LogP contribution is -2.50. The van der Waals surface area contributed by atoms with Gasteiger partial charge in [0, 0.05) is 25.2 Å². The van der Waals surface area contributed by atoms with Gasteiger partial charge in [-0.2, -0.15) is 0 Å². The van der Waals surface area contributed by atoms with Crippen LogP contribution in [-0.2, 0) is 0 Å². The maximum Gasteiger partial charge on any atom is 0.0570 e. The van der Waals surface area contributed by atoms with Crippen molar-refractivity contribution in [2.75, 3.05) is 19.6 Å². The summed E-state index contributed by atoms with van der Waals surface area (Å²) in [7, 11) is 0. The second kappa shape index (κ2) is 5.25. The number of fused-ring (bicyclic) bond motifs is 2. The zero-order chi connectivity index (χ0) is 12.5. The van der Waals surface area contributed by atoms with E-state index in [1.54, 1.807) is 0 Å². The van der Waals surface area contributed by atoms with Gasteiger partial charge in [0.2, 0.25) is 0 Å². The summed E-state index contributed by atoms with van der Waals surface area (Å²) in [6, 6.07) is 1.29. The third kappa shape index (κ3) is 3.21. The van der Waals surface area contributed by atoms with E-state index in [1.807, 2.05) is 0 Å². The summed E-state index contributed by atoms with van der Waals surface area (Å²) in [5.41, 5.74) is 0.332. The molecule has 2 bridgehead atoms. The lowest BCUT2D eigenvalue weighted by Gasteiger charge is -2.41. The van der Waals surface area contributed by atoms with E-state index >= 15 is 0 Å². The number of hydrogen-bond donors (Lipinski definition) is 2. The lowest BCUT2D eigenvalue weighted by atomic mass is 9.89. The Morgan fingerprint density at radius 3 is 2.35 bits per heavy atom. The molecule has 17 heavy (non-hydrogen) atoms. The molecular weight excluding hydrogens is 212 g/mol. The average Bonchev–Trinajstić information content (AvgIpc) is 2.50. The molecule has 2 heterocycles. The van der Waals surface area contributed by atoms with Gasteiger partial charge in [-0.05, 0) is 37.6 Å². The highest BCUT2D eigenvalue weighted by Crippen LogP contribution is 2.37. The van der Waals surface area contributed by atoms with E-state index in [4.69, 9.17) is 0 Å². The van der Waals surface area contributed by atoms with Crippen molar-refractivity contribution in [1.82, 2.24) is 10.2 Å². The van der Waals surface area contributed by atoms with E-state index in [0.717, 1.165) is 25.9 Å². The summed E-state index contributed by atoms with van der Waals surface area (Å²) in [4.78, 5) is 2.67. The van der Waals surface area contributed by atoms with Crippen molar-refractivity contribution in [2.24, 2.45) is 5.41 Å². The topological polar surface area (TPSA) is 35.5 Å². The highest BCUT2D eigenvalue weighted by molar-refractivity contribution is 4.97. The molecule has 2 fully saturated rings. The monoisotopic (exact) mass is 240 g/mol. The Morgan fingerprint density at radius 2 is 1.82 bits per heavy atom. The van der Waals surface area contributed by atoms with Crippen LogP contribution in [0.15, 0.2) is 0 Å². The molecule has 2 saturated heterocycles. The van der Waals surface area contributed by atoms with E-state index in [-0.39, 0.29) is 6.10 Å². The van der Waals surface area contributed by atoms with E-state index < -0.39 is 0 Å². The van der Waals surface area contributed by atoms with Gasteiger partial charge >= 0.3 is 0 Å². The van der Waals surface area contributed by atoms with Crippen LogP contribution in [0.3, 0.4) is 0 Å². The number of rotatable bonds is 5. The predicted octanol–water partition coefficient (Wildman–Crippen LogP) is 1.61. The second-order valence-electron chi connectivity index (χ2n) is 6.63. The smallest absolute Gasteiger partial charge is 0.0570 e. The van der Waals surface area contributed by atoms with Crippen LogP contribution in [0.1, 0.15) is 46.5 Å². The molecule has 0 spiro atoms. The maximum absolute atomic E-state index is 9.81. The number of aliphatic hydroxyl groups excluding tert-OH is 1. The molecule has 2 aliphatic heterocycles. The van der Waals surface area contributed by atoms with Gasteiger partial charge in [0.15, 0.2) is 0 Å². The standard InChI is InChI=1S/C14H28N2O/c1-4-15-9-14(2,3)10-16-11-5-6-12(16)8-13(17)7-11/h11-13,15,17H,4-10H2,1-3H3. The predicted molar refractivity (Wildman–Crippen MR) is 71.1 cm³/mol. The van der Waals surface area contributed by atoms with Gasteiger partial charge in [0.1, 0.15) is 0 Å². The first-order chi connectivity index (χ1) is 8.02. The van der Waals surface area contributed by atoms with Crippen LogP contribution in [0.5, 0.6) is 0 Å². The van der Waals surface area contributed by atoms with Crippen molar-refractivity contribution in [1.29, 1.82) is 0 Å². The van der Waals surface area contributed by atoms with Crippen LogP contribution in [0.4, 0.5) is 0 Å². The zero-order valence-corrected chi connectivity index (χ0v) is 11.6. The quantitative estimate of drug-likeness (QED) is 0.766. The van der Waals surface area contributed by atoms with Crippen molar-refractivity contribution in [3.63, 3.8) is 0 Å². The third-order valence-corrected chi connectivity index (χ3v) is 4.32. The average molecular weight is 240 g/mol. The fourth-order valence-corrected chi connectivity index (χ4v) is 3.52. The molecule has 2 N–H and O–H groups in total. The fourth-order valence-electron chi connectivity index (χ4n) is 3.52. The summed E-state index contributed by atoms with van der Waals surface area (Å²) in [5.74, 6) is 0. The maximum atomic E-state index is 9.81. The number of aliphatic hydroxyl groups is 1. The van der Waals surface area contributed by atoms with Crippen LogP contribution in [-0.4, -0.2) is 47.8 Å². The fraction of sp³-hybridized carbons (Fsp3) is 1.00. The number of nitrogens with one attached hydrogen (secondary N) is 1. The molecule has 0 aromatic heterocycles. The van der Waals surface area contributed by atoms with E-state index in [1.165, 1.54) is 19.4 Å². The van der Waals surface area contributed by atoms with Crippen LogP contribution in [0, 0.1) is 5.41 Å². The normalized spacial score (nSPS) is 34.2. The van der Waals surface area contributed by atoms with Gasteiger partial charge in [0.05, 0.1) is 6.10 Å². The minimum Gasteiger partial charge on any atom is -0.393 e. The van der Waals surface area contributed by atoms with Crippen LogP contribution in [0.25, 0.3) is 0 Å². The van der Waals surface area contributed by atoms with Crippen molar-refractivity contribution >= 4 is 0 Å². The molecule has 2 aliphatic rings. The first kappa shape index (κ1) is 13.3. The summed E-state index contributed by atoms with van der Waals surface area (Å²) < 4.78 is 0. The SMILES string of the molecule is CCNCC(C)(C)CN1C2CCC1CC(O)C2. The molecule has 0 aromatic rings. The first-order valence-electron chi connectivity index (χ1n) is 7.16. The molecule has 0 radical (unpaired) electrons. The highest BCUT2D eigenvalue weighted by atomic mass is 16.3. The molecule has 3 nitrogen and oxygen atoms in total. The molecule has 0 amide bonds. The van der Waals surface area contributed by atoms with Gasteiger partial charge in [-0.15, -0.1) is 0 Å². The Hall–Kier alpha value is -0.120. The molecular formula is C14H28N2O. The molecule has 2 rings (SSSR count). The summed E-state index contributed by atoms with van der Waals surface area (Å²) in [5, 5.41) is 13.3. The Kier molecular flexibility index (Phi) is 4.11. The van der Waals surface area contributed by atoms with Crippen molar-refractivity contribution in [3.05, 3.63) is 0 Å². The van der Waals surface area contributed by atoms with Crippen molar-refractivity contribution in [3.8, 4) is 0 Å². The minimum absolute atomic E-state index is 0.0411. The summed E-state index contributed by atoms with van der Waals surface area (Å²) in [6.07, 6.45) is 4.53. The van der Waals surface area contributed by atoms with E-state index in [0.29, 0.717) is 17.5 Å². The molecule has 100 valence electrons. The van der Waals surface area contributed by atoms with Crippen molar-refractivity contribution in [2.45, 2.75) is 64.6 Å². The highest BCUT2D eigenvalue weighted by Gasteiger charge is 2.41. The Balaban J connectivity index is 1.91. The number of piperidine rings is 1. The number of hydrogen-bond acceptors (Lipinski definition) is 3. The second-order valence-corrected chi connectivity index (χ2v) is 6.63. The van der Waals surface area contributed by atoms with Crippen LogP contribution >= 0.6 is 0 Å². The van der Waals surface area contributed by atoms with Gasteiger partial charge < -0.3 is 10.4 Å². The first-order valence-corrected chi connectivity index (χ1v) is 7.16. The van der Waals surface area contributed by atoms with Crippen molar-refractivity contribution < 1.29 is 5.11 Å². The molecule has 0 saturated carbocycles. The Labute approximate surface area is 106 Å². The minimum atomic E-state index is -0.0411. The van der Waals surface area contributed by atoms with E-state index in [2.05, 4.69) is 31.0 Å². The number of nitrogens with zero attached hydrogens (tertiary/aromatic N) is 1. The summed E-state index contributed by atoms with van der Waals surface area (Å²) in [6.45, 7) is 10.2. The van der Waals surface area contributed by atoms with Gasteiger partial charge in [-0.25, -0.2) is 0 Å². The van der Waals surface area contributed by atoms with Gasteiger partial charge in [-0.3, -0.25) is 4.90 Å². The lowest BCUT2D eigenvalue weighted by molar-refractivity contribution is 0.0158. The molecule has 0 aromatic carbocycles. The Morgan fingerprint density at radius 1 is 1.24 bits per heavy atom. The van der Waals surface area contributed by atoms with Crippen LogP contribution < -0.4 is 5.32 Å². The zero-order valence-electron chi connectivity index (χ0n) is 11.6. The van der Waals surface area contributed by atoms with Gasteiger partial charge in [-0.1, -0.05) is 20.8 Å².